The van der Waals surface area contributed by atoms with Gasteiger partial charge in [0.1, 0.15) is 11.4 Å². The van der Waals surface area contributed by atoms with Crippen LogP contribution in [0.5, 0.6) is 0 Å². The summed E-state index contributed by atoms with van der Waals surface area (Å²) in [5.41, 5.74) is 0.843. The smallest absolute Gasteiger partial charge is 0.341 e. The second-order valence-electron chi connectivity index (χ2n) is 4.34. The molecule has 2 heterocycles. The molecule has 94 valence electrons. The van der Waals surface area contributed by atoms with Crippen molar-refractivity contribution >= 4 is 11.8 Å². The Morgan fingerprint density at radius 3 is 2.88 bits per heavy atom. The normalized spacial score (nSPS) is 20.6. The average Bonchev–Trinajstić information content (AvgIpc) is 2.53. The number of morpholine rings is 1. The molecule has 0 bridgehead atoms. The number of carboxylic acid groups (broad SMARTS) is 1. The van der Waals surface area contributed by atoms with E-state index in [-0.39, 0.29) is 6.10 Å². The number of hydrogen-bond donors (Lipinski definition) is 1. The van der Waals surface area contributed by atoms with Crippen LogP contribution >= 0.6 is 0 Å². The summed E-state index contributed by atoms with van der Waals surface area (Å²) in [6, 6.07) is 0. The van der Waals surface area contributed by atoms with E-state index < -0.39 is 5.97 Å². The van der Waals surface area contributed by atoms with Crippen LogP contribution in [0.1, 0.15) is 23.0 Å². The number of anilines is 1. The third-order valence-corrected chi connectivity index (χ3v) is 2.95. The summed E-state index contributed by atoms with van der Waals surface area (Å²) < 4.78 is 7.09. The fourth-order valence-corrected chi connectivity index (χ4v) is 2.27. The molecule has 1 aromatic rings. The van der Waals surface area contributed by atoms with Crippen molar-refractivity contribution < 1.29 is 14.6 Å². The molecule has 0 radical (unpaired) electrons. The van der Waals surface area contributed by atoms with Gasteiger partial charge in [-0.25, -0.2) is 4.79 Å². The lowest BCUT2D eigenvalue weighted by Crippen LogP contribution is -2.42. The first-order chi connectivity index (χ1) is 8.00. The number of hydrogen-bond acceptors (Lipinski definition) is 4. The van der Waals surface area contributed by atoms with Crippen LogP contribution in [0.4, 0.5) is 5.82 Å². The quantitative estimate of drug-likeness (QED) is 0.820. The van der Waals surface area contributed by atoms with Crippen LogP contribution in [0.2, 0.25) is 0 Å². The summed E-state index contributed by atoms with van der Waals surface area (Å²) >= 11 is 0. The van der Waals surface area contributed by atoms with Crippen molar-refractivity contribution in [1.29, 1.82) is 0 Å². The number of ether oxygens (including phenoxy) is 1. The Morgan fingerprint density at radius 2 is 2.29 bits per heavy atom. The first kappa shape index (κ1) is 11.9. The first-order valence-electron chi connectivity index (χ1n) is 5.64. The highest BCUT2D eigenvalue weighted by Crippen LogP contribution is 2.24. The van der Waals surface area contributed by atoms with Gasteiger partial charge in [-0.1, -0.05) is 0 Å². The van der Waals surface area contributed by atoms with Crippen LogP contribution in [0.3, 0.4) is 0 Å². The van der Waals surface area contributed by atoms with Crippen molar-refractivity contribution in [2.75, 3.05) is 24.6 Å². The van der Waals surface area contributed by atoms with Gasteiger partial charge in [-0.15, -0.1) is 0 Å². The van der Waals surface area contributed by atoms with Gasteiger partial charge in [-0.3, -0.25) is 4.68 Å². The molecule has 1 fully saturated rings. The van der Waals surface area contributed by atoms with Crippen molar-refractivity contribution in [1.82, 2.24) is 9.78 Å². The van der Waals surface area contributed by atoms with Gasteiger partial charge < -0.3 is 14.7 Å². The second kappa shape index (κ2) is 4.37. The Labute approximate surface area is 99.8 Å². The zero-order valence-electron chi connectivity index (χ0n) is 10.3. The third kappa shape index (κ3) is 2.12. The van der Waals surface area contributed by atoms with Crippen molar-refractivity contribution in [3.8, 4) is 0 Å². The average molecular weight is 239 g/mol. The molecule has 0 amide bonds. The van der Waals surface area contributed by atoms with Crippen LogP contribution in [0.25, 0.3) is 0 Å². The summed E-state index contributed by atoms with van der Waals surface area (Å²) in [7, 11) is 1.77. The zero-order chi connectivity index (χ0) is 12.6. The molecule has 1 aliphatic heterocycles. The minimum absolute atomic E-state index is 0.112. The van der Waals surface area contributed by atoms with Gasteiger partial charge in [-0.2, -0.15) is 5.10 Å². The molecule has 6 heteroatoms. The molecule has 1 aromatic heterocycles. The zero-order valence-corrected chi connectivity index (χ0v) is 10.3. The van der Waals surface area contributed by atoms with E-state index in [0.717, 1.165) is 0 Å². The Kier molecular flexibility index (Phi) is 3.06. The number of carbonyl (C=O) groups is 1. The number of aromatic carboxylic acids is 1. The van der Waals surface area contributed by atoms with E-state index in [1.165, 1.54) is 0 Å². The fourth-order valence-electron chi connectivity index (χ4n) is 2.27. The maximum atomic E-state index is 11.3. The summed E-state index contributed by atoms with van der Waals surface area (Å²) in [6.07, 6.45) is 0.112. The van der Waals surface area contributed by atoms with Crippen molar-refractivity contribution in [3.63, 3.8) is 0 Å². The van der Waals surface area contributed by atoms with Gasteiger partial charge in [0.15, 0.2) is 0 Å². The van der Waals surface area contributed by atoms with Crippen molar-refractivity contribution in [2.24, 2.45) is 7.05 Å². The number of aryl methyl sites for hydroxylation is 2. The summed E-state index contributed by atoms with van der Waals surface area (Å²) in [5, 5.41) is 13.4. The van der Waals surface area contributed by atoms with Crippen LogP contribution in [-0.2, 0) is 11.8 Å². The summed E-state index contributed by atoms with van der Waals surface area (Å²) in [5.74, 6) is -0.255. The predicted molar refractivity (Wildman–Crippen MR) is 62.5 cm³/mol. The van der Waals surface area contributed by atoms with E-state index in [1.54, 1.807) is 18.7 Å². The molecule has 1 saturated heterocycles. The highest BCUT2D eigenvalue weighted by Gasteiger charge is 2.27. The summed E-state index contributed by atoms with van der Waals surface area (Å²) in [6.45, 7) is 5.71. The van der Waals surface area contributed by atoms with Gasteiger partial charge in [0.05, 0.1) is 18.4 Å². The largest absolute Gasteiger partial charge is 0.477 e. The van der Waals surface area contributed by atoms with Gasteiger partial charge >= 0.3 is 5.97 Å². The maximum Gasteiger partial charge on any atom is 0.341 e. The minimum Gasteiger partial charge on any atom is -0.477 e. The minimum atomic E-state index is -0.926. The van der Waals surface area contributed by atoms with E-state index in [0.29, 0.717) is 36.8 Å². The number of rotatable bonds is 2. The highest BCUT2D eigenvalue weighted by molar-refractivity contribution is 5.94. The molecule has 0 aliphatic carbocycles. The monoisotopic (exact) mass is 239 g/mol. The van der Waals surface area contributed by atoms with Crippen LogP contribution < -0.4 is 4.90 Å². The second-order valence-corrected chi connectivity index (χ2v) is 4.34. The number of nitrogens with zero attached hydrogens (tertiary/aromatic N) is 3. The van der Waals surface area contributed by atoms with Crippen LogP contribution in [-0.4, -0.2) is 46.7 Å². The highest BCUT2D eigenvalue weighted by atomic mass is 16.5. The Morgan fingerprint density at radius 1 is 1.59 bits per heavy atom. The molecule has 0 spiro atoms. The third-order valence-electron chi connectivity index (χ3n) is 2.95. The van der Waals surface area contributed by atoms with Gasteiger partial charge in [0.25, 0.3) is 0 Å². The van der Waals surface area contributed by atoms with E-state index in [9.17, 15) is 9.90 Å². The van der Waals surface area contributed by atoms with E-state index in [1.807, 2.05) is 11.8 Å². The molecule has 1 N–H and O–H groups in total. The van der Waals surface area contributed by atoms with Crippen LogP contribution in [0.15, 0.2) is 0 Å². The molecule has 1 atom stereocenters. The van der Waals surface area contributed by atoms with E-state index in [4.69, 9.17) is 4.74 Å². The standard InChI is InChI=1S/C11H17N3O3/c1-7-6-14(4-5-17-7)10-9(11(15)16)8(2)12-13(10)3/h7H,4-6H2,1-3H3,(H,15,16). The molecular weight excluding hydrogens is 222 g/mol. The summed E-state index contributed by atoms with van der Waals surface area (Å²) in [4.78, 5) is 13.3. The Bertz CT molecular complexity index is 441. The van der Waals surface area contributed by atoms with Crippen molar-refractivity contribution in [3.05, 3.63) is 11.3 Å². The fraction of sp³-hybridized carbons (Fsp3) is 0.636. The van der Waals surface area contributed by atoms with Crippen LogP contribution in [0, 0.1) is 6.92 Å². The molecule has 1 unspecified atom stereocenters. The van der Waals surface area contributed by atoms with Gasteiger partial charge in [-0.05, 0) is 13.8 Å². The number of carboxylic acids is 1. The lowest BCUT2D eigenvalue weighted by molar-refractivity contribution is 0.0522. The van der Waals surface area contributed by atoms with Gasteiger partial charge in [0.2, 0.25) is 0 Å². The van der Waals surface area contributed by atoms with Crippen molar-refractivity contribution in [2.45, 2.75) is 20.0 Å². The topological polar surface area (TPSA) is 67.6 Å². The Hall–Kier alpha value is -1.56. The lowest BCUT2D eigenvalue weighted by atomic mass is 10.2. The lowest BCUT2D eigenvalue weighted by Gasteiger charge is -2.32. The molecule has 6 nitrogen and oxygen atoms in total. The number of aromatic nitrogens is 2. The van der Waals surface area contributed by atoms with E-state index in [2.05, 4.69) is 5.10 Å². The Balaban J connectivity index is 2.40. The molecule has 0 saturated carbocycles. The maximum absolute atomic E-state index is 11.3. The molecule has 17 heavy (non-hydrogen) atoms. The SMILES string of the molecule is Cc1nn(C)c(N2CCOC(C)C2)c1C(=O)O. The molecule has 1 aliphatic rings. The molecular formula is C11H17N3O3. The molecule has 0 aromatic carbocycles. The molecule has 2 rings (SSSR count). The predicted octanol–water partition coefficient (Wildman–Crippen LogP) is 0.652. The van der Waals surface area contributed by atoms with E-state index >= 15 is 0 Å². The van der Waals surface area contributed by atoms with Gasteiger partial charge in [0, 0.05) is 20.1 Å². The first-order valence-corrected chi connectivity index (χ1v) is 5.64.